The lowest BCUT2D eigenvalue weighted by molar-refractivity contribution is -0.384. The maximum Gasteiger partial charge on any atom is 0.269 e. The van der Waals surface area contributed by atoms with Crippen LogP contribution in [-0.4, -0.2) is 10.0 Å². The molecule has 0 aliphatic carbocycles. The second-order valence-corrected chi connectivity index (χ2v) is 4.88. The molecule has 0 atom stereocenters. The van der Waals surface area contributed by atoms with Crippen LogP contribution in [0.3, 0.4) is 0 Å². The molecule has 2 aromatic rings. The van der Waals surface area contributed by atoms with Gasteiger partial charge in [-0.1, -0.05) is 35.3 Å². The van der Waals surface area contributed by atoms with Crippen LogP contribution in [0.15, 0.2) is 36.4 Å². The molecule has 0 aromatic heterocycles. The SMILES string of the molecule is O=[N+]([O-])c1cccc(CNc2cc(Cl)c(O)c(Cl)c2)c1. The Hall–Kier alpha value is -1.98. The maximum absolute atomic E-state index is 10.7. The summed E-state index contributed by atoms with van der Waals surface area (Å²) in [5, 5.41) is 23.4. The average molecular weight is 313 g/mol. The smallest absolute Gasteiger partial charge is 0.269 e. The number of hydrogen-bond donors (Lipinski definition) is 2. The highest BCUT2D eigenvalue weighted by Gasteiger charge is 2.08. The number of anilines is 1. The van der Waals surface area contributed by atoms with Gasteiger partial charge in [0.05, 0.1) is 15.0 Å². The molecule has 0 amide bonds. The Labute approximate surface area is 124 Å². The Balaban J connectivity index is 2.13. The first-order valence-electron chi connectivity index (χ1n) is 5.62. The predicted molar refractivity (Wildman–Crippen MR) is 78.5 cm³/mol. The Morgan fingerprint density at radius 2 is 1.85 bits per heavy atom. The van der Waals surface area contributed by atoms with Crippen molar-refractivity contribution in [3.05, 3.63) is 62.1 Å². The van der Waals surface area contributed by atoms with E-state index < -0.39 is 4.92 Å². The fraction of sp³-hybridized carbons (Fsp3) is 0.0769. The van der Waals surface area contributed by atoms with Crippen LogP contribution in [0.5, 0.6) is 5.75 Å². The van der Waals surface area contributed by atoms with Crippen LogP contribution < -0.4 is 5.32 Å². The normalized spacial score (nSPS) is 10.3. The molecule has 20 heavy (non-hydrogen) atoms. The average Bonchev–Trinajstić information content (AvgIpc) is 2.42. The molecule has 0 bridgehead atoms. The quantitative estimate of drug-likeness (QED) is 0.503. The lowest BCUT2D eigenvalue weighted by Gasteiger charge is -2.09. The van der Waals surface area contributed by atoms with E-state index in [1.807, 2.05) is 0 Å². The van der Waals surface area contributed by atoms with Gasteiger partial charge in [-0.25, -0.2) is 0 Å². The first-order chi connectivity index (χ1) is 9.47. The van der Waals surface area contributed by atoms with Crippen molar-refractivity contribution < 1.29 is 10.0 Å². The van der Waals surface area contributed by atoms with Gasteiger partial charge in [0.15, 0.2) is 5.75 Å². The number of phenolic OH excluding ortho intramolecular Hbond substituents is 1. The minimum atomic E-state index is -0.447. The van der Waals surface area contributed by atoms with Crippen molar-refractivity contribution in [1.29, 1.82) is 0 Å². The lowest BCUT2D eigenvalue weighted by atomic mass is 10.2. The highest BCUT2D eigenvalue weighted by atomic mass is 35.5. The molecule has 2 aromatic carbocycles. The molecule has 0 aliphatic rings. The Morgan fingerprint density at radius 3 is 2.45 bits per heavy atom. The molecule has 7 heteroatoms. The summed E-state index contributed by atoms with van der Waals surface area (Å²) in [4.78, 5) is 10.2. The summed E-state index contributed by atoms with van der Waals surface area (Å²) in [5.74, 6) is -0.172. The summed E-state index contributed by atoms with van der Waals surface area (Å²) in [6, 6.07) is 9.35. The van der Waals surface area contributed by atoms with Crippen molar-refractivity contribution in [3.8, 4) is 5.75 Å². The first kappa shape index (κ1) is 14.4. The van der Waals surface area contributed by atoms with Gasteiger partial charge in [0.25, 0.3) is 5.69 Å². The number of aromatic hydroxyl groups is 1. The van der Waals surface area contributed by atoms with Crippen LogP contribution in [0.2, 0.25) is 10.0 Å². The summed E-state index contributed by atoms with van der Waals surface area (Å²) in [7, 11) is 0. The number of benzene rings is 2. The molecule has 0 saturated heterocycles. The number of nitrogens with zero attached hydrogens (tertiary/aromatic N) is 1. The van der Waals surface area contributed by atoms with Crippen molar-refractivity contribution >= 4 is 34.6 Å². The number of nitro benzene ring substituents is 1. The molecular weight excluding hydrogens is 303 g/mol. The topological polar surface area (TPSA) is 75.4 Å². The Kier molecular flexibility index (Phi) is 4.32. The van der Waals surface area contributed by atoms with E-state index in [9.17, 15) is 15.2 Å². The van der Waals surface area contributed by atoms with E-state index in [2.05, 4.69) is 5.32 Å². The Morgan fingerprint density at radius 1 is 1.20 bits per heavy atom. The van der Waals surface area contributed by atoms with Gasteiger partial charge in [-0.15, -0.1) is 0 Å². The van der Waals surface area contributed by atoms with E-state index in [1.54, 1.807) is 12.1 Å². The molecule has 2 rings (SSSR count). The molecule has 0 fully saturated rings. The van der Waals surface area contributed by atoms with E-state index in [0.717, 1.165) is 5.56 Å². The summed E-state index contributed by atoms with van der Waals surface area (Å²) < 4.78 is 0. The Bertz CT molecular complexity index is 639. The molecule has 104 valence electrons. The number of halogens is 2. The number of non-ortho nitro benzene ring substituents is 1. The molecule has 2 N–H and O–H groups in total. The van der Waals surface area contributed by atoms with E-state index in [0.29, 0.717) is 12.2 Å². The molecule has 0 radical (unpaired) electrons. The zero-order valence-electron chi connectivity index (χ0n) is 10.1. The zero-order chi connectivity index (χ0) is 14.7. The van der Waals surface area contributed by atoms with Crippen molar-refractivity contribution in [2.24, 2.45) is 0 Å². The first-order valence-corrected chi connectivity index (χ1v) is 6.38. The van der Waals surface area contributed by atoms with Gasteiger partial charge in [0.1, 0.15) is 0 Å². The summed E-state index contributed by atoms with van der Waals surface area (Å²) in [5.41, 5.74) is 1.40. The van der Waals surface area contributed by atoms with Crippen LogP contribution in [0.4, 0.5) is 11.4 Å². The molecule has 0 spiro atoms. The van der Waals surface area contributed by atoms with Crippen LogP contribution in [0.25, 0.3) is 0 Å². The highest BCUT2D eigenvalue weighted by Crippen LogP contribution is 2.34. The van der Waals surface area contributed by atoms with Crippen LogP contribution in [0, 0.1) is 10.1 Å². The number of phenols is 1. The largest absolute Gasteiger partial charge is 0.505 e. The minimum absolute atomic E-state index is 0.0334. The molecule has 0 unspecified atom stereocenters. The van der Waals surface area contributed by atoms with Crippen molar-refractivity contribution in [2.75, 3.05) is 5.32 Å². The van der Waals surface area contributed by atoms with Gasteiger partial charge < -0.3 is 10.4 Å². The standard InChI is InChI=1S/C13H10Cl2N2O3/c14-11-5-9(6-12(15)13(11)18)16-7-8-2-1-3-10(4-8)17(19)20/h1-6,16,18H,7H2. The van der Waals surface area contributed by atoms with E-state index in [4.69, 9.17) is 23.2 Å². The minimum Gasteiger partial charge on any atom is -0.505 e. The van der Waals surface area contributed by atoms with Crippen LogP contribution >= 0.6 is 23.2 Å². The molecule has 0 heterocycles. The van der Waals surface area contributed by atoms with Gasteiger partial charge >= 0.3 is 0 Å². The number of hydrogen-bond acceptors (Lipinski definition) is 4. The number of nitrogens with one attached hydrogen (secondary N) is 1. The third-order valence-corrected chi connectivity index (χ3v) is 3.21. The predicted octanol–water partition coefficient (Wildman–Crippen LogP) is 4.22. The van der Waals surface area contributed by atoms with E-state index in [1.165, 1.54) is 24.3 Å². The fourth-order valence-electron chi connectivity index (χ4n) is 1.65. The van der Waals surface area contributed by atoms with Gasteiger partial charge in [-0.05, 0) is 17.7 Å². The summed E-state index contributed by atoms with van der Waals surface area (Å²) >= 11 is 11.6. The molecule has 5 nitrogen and oxygen atoms in total. The molecule has 0 aliphatic heterocycles. The van der Waals surface area contributed by atoms with Crippen molar-refractivity contribution in [2.45, 2.75) is 6.54 Å². The maximum atomic E-state index is 10.7. The van der Waals surface area contributed by atoms with E-state index in [-0.39, 0.29) is 21.5 Å². The second-order valence-electron chi connectivity index (χ2n) is 4.07. The summed E-state index contributed by atoms with van der Waals surface area (Å²) in [6.07, 6.45) is 0. The van der Waals surface area contributed by atoms with Gasteiger partial charge in [0.2, 0.25) is 0 Å². The van der Waals surface area contributed by atoms with Crippen molar-refractivity contribution in [3.63, 3.8) is 0 Å². The van der Waals surface area contributed by atoms with Crippen LogP contribution in [-0.2, 0) is 6.54 Å². The molecular formula is C13H10Cl2N2O3. The number of rotatable bonds is 4. The summed E-state index contributed by atoms with van der Waals surface area (Å²) in [6.45, 7) is 0.374. The van der Waals surface area contributed by atoms with Crippen LogP contribution in [0.1, 0.15) is 5.56 Å². The monoisotopic (exact) mass is 312 g/mol. The highest BCUT2D eigenvalue weighted by molar-refractivity contribution is 6.37. The van der Waals surface area contributed by atoms with Crippen molar-refractivity contribution in [1.82, 2.24) is 0 Å². The van der Waals surface area contributed by atoms with Gasteiger partial charge in [0, 0.05) is 24.4 Å². The number of nitro groups is 1. The molecule has 0 saturated carbocycles. The lowest BCUT2D eigenvalue weighted by Crippen LogP contribution is -2.00. The van der Waals surface area contributed by atoms with Gasteiger partial charge in [-0.2, -0.15) is 0 Å². The van der Waals surface area contributed by atoms with Gasteiger partial charge in [-0.3, -0.25) is 10.1 Å². The third kappa shape index (κ3) is 3.31. The van der Waals surface area contributed by atoms with E-state index >= 15 is 0 Å². The second kappa shape index (κ2) is 5.98. The third-order valence-electron chi connectivity index (χ3n) is 2.63. The zero-order valence-corrected chi connectivity index (χ0v) is 11.6. The fourth-order valence-corrected chi connectivity index (χ4v) is 2.14.